The van der Waals surface area contributed by atoms with Gasteiger partial charge in [0.05, 0.1) is 0 Å². The molecule has 0 amide bonds. The van der Waals surface area contributed by atoms with Gasteiger partial charge in [-0.2, -0.15) is 0 Å². The normalized spacial score (nSPS) is 0. The molecule has 0 heterocycles. The Labute approximate surface area is 53.5 Å². The number of hydrogen-bond acceptors (Lipinski definition) is 1. The molecule has 0 fully saturated rings. The quantitative estimate of drug-likeness (QED) is 0.315. The van der Waals surface area contributed by atoms with Crippen LogP contribution in [0.2, 0.25) is 0 Å². The molecule has 0 aromatic rings. The smallest absolute Gasteiger partial charge is 0.344 e. The minimum Gasteiger partial charge on any atom is -0.344 e. The molecule has 0 bridgehead atoms. The van der Waals surface area contributed by atoms with Crippen LogP contribution in [0.25, 0.3) is 0 Å². The molecule has 0 aliphatic rings. The third kappa shape index (κ3) is 53.1. The molecule has 0 aliphatic heterocycles. The van der Waals surface area contributed by atoms with Gasteiger partial charge in [0.1, 0.15) is 0 Å². The molecule has 0 aromatic carbocycles. The first-order valence-corrected chi connectivity index (χ1v) is 0. The molecule has 0 rings (SSSR count). The first kappa shape index (κ1) is 184. The Balaban J connectivity index is 0. The van der Waals surface area contributed by atoms with E-state index >= 15 is 0 Å². The van der Waals surface area contributed by atoms with Gasteiger partial charge in [0, 0.05) is 0 Å². The van der Waals surface area contributed by atoms with E-state index in [1.165, 1.54) is 0 Å². The maximum Gasteiger partial charge on any atom is 3.00 e. The molecule has 0 unspecified atom stereocenters. The van der Waals surface area contributed by atoms with E-state index in [9.17, 15) is 0 Å². The molecule has 0 atom stereocenters. The monoisotopic (exact) mass is 110 g/mol. The van der Waals surface area contributed by atoms with Gasteiger partial charge < -0.3 is 6.15 Å². The Morgan fingerprint density at radius 2 is 0.600 bits per heavy atom. The fourth-order valence-electron chi connectivity index (χ4n) is 0. The first-order valence-electron chi connectivity index (χ1n) is 0. The Hall–Kier alpha value is 0.869. The summed E-state index contributed by atoms with van der Waals surface area (Å²) in [6, 6.07) is 0. The minimum atomic E-state index is 0. The van der Waals surface area contributed by atoms with E-state index in [2.05, 4.69) is 0 Å². The van der Waals surface area contributed by atoms with Gasteiger partial charge in [-0.1, -0.05) is 25.2 Å². The van der Waals surface area contributed by atoms with Crippen molar-refractivity contribution in [3.05, 3.63) is 0 Å². The molecule has 33 valence electrons. The maximum atomic E-state index is 0. The molecule has 0 saturated heterocycles. The molecule has 1 radical (unpaired) electrons. The Kier molecular flexibility index (Phi) is 3560. The van der Waals surface area contributed by atoms with Crippen molar-refractivity contribution >= 4 is 25.2 Å². The average Bonchev–Trinajstić information content (AvgIpc) is 0. The second-order valence-electron chi connectivity index (χ2n) is 0. The summed E-state index contributed by atoms with van der Waals surface area (Å²) in [7, 11) is 0. The van der Waals surface area contributed by atoms with Crippen LogP contribution in [0.5, 0.6) is 0 Å². The fourth-order valence-corrected chi connectivity index (χ4v) is 0. The zero-order valence-corrected chi connectivity index (χ0v) is 2.77. The van der Waals surface area contributed by atoms with E-state index in [-0.39, 0.29) is 53.1 Å². The van der Waals surface area contributed by atoms with Crippen molar-refractivity contribution < 1.29 is 21.7 Å². The van der Waals surface area contributed by atoms with Gasteiger partial charge in [-0.25, -0.2) is 0 Å². The van der Waals surface area contributed by atoms with Gasteiger partial charge >= 0.3 is 21.7 Å². The van der Waals surface area contributed by atoms with E-state index in [1.807, 2.05) is 0 Å². The van der Waals surface area contributed by atoms with Crippen LogP contribution in [-0.4, -0.2) is 25.2 Å². The molecular weight excluding hydrogens is 94.3 g/mol. The van der Waals surface area contributed by atoms with Gasteiger partial charge in [0.25, 0.3) is 0 Å². The van der Waals surface area contributed by atoms with Gasteiger partial charge in [0.15, 0.2) is 0 Å². The summed E-state index contributed by atoms with van der Waals surface area (Å²) >= 11 is 0. The molecular formula is H15B3NTi. The van der Waals surface area contributed by atoms with Crippen LogP contribution in [0.3, 0.4) is 0 Å². The zero-order chi connectivity index (χ0) is 0. The van der Waals surface area contributed by atoms with Crippen molar-refractivity contribution in [2.24, 2.45) is 0 Å². The van der Waals surface area contributed by atoms with Crippen molar-refractivity contribution in [3.8, 4) is 0 Å². The second kappa shape index (κ2) is 96.5. The molecule has 5 heavy (non-hydrogen) atoms. The van der Waals surface area contributed by atoms with Crippen molar-refractivity contribution in [2.75, 3.05) is 0 Å². The maximum absolute atomic E-state index is 0. The van der Waals surface area contributed by atoms with Gasteiger partial charge in [-0.15, -0.1) is 0 Å². The van der Waals surface area contributed by atoms with Crippen LogP contribution in [0, 0.1) is 0 Å². The summed E-state index contributed by atoms with van der Waals surface area (Å²) in [5.74, 6) is 0. The van der Waals surface area contributed by atoms with Crippen LogP contribution in [0.1, 0.15) is 0 Å². The van der Waals surface area contributed by atoms with Crippen LogP contribution >= 0.6 is 0 Å². The van der Waals surface area contributed by atoms with E-state index in [1.54, 1.807) is 0 Å². The predicted molar refractivity (Wildman–Crippen MR) is 39.0 cm³/mol. The predicted octanol–water partition coefficient (Wildman–Crippen LogP) is -4.20. The summed E-state index contributed by atoms with van der Waals surface area (Å²) in [5.41, 5.74) is 0. The largest absolute Gasteiger partial charge is 3.00 e. The Morgan fingerprint density at radius 3 is 0.600 bits per heavy atom. The second-order valence-corrected chi connectivity index (χ2v) is 0. The third-order valence-corrected chi connectivity index (χ3v) is 0. The van der Waals surface area contributed by atoms with E-state index in [4.69, 9.17) is 0 Å². The standard InChI is InChI=1S/3BH4.H3N.Ti/h3*1H4;1H3;/q3*-1;;+3. The van der Waals surface area contributed by atoms with E-state index < -0.39 is 0 Å². The zero-order valence-electron chi connectivity index (χ0n) is 1.21. The minimum absolute atomic E-state index is 0. The average molecular weight is 109 g/mol. The first-order chi connectivity index (χ1) is 0. The van der Waals surface area contributed by atoms with Gasteiger partial charge in [0.2, 0.25) is 0 Å². The van der Waals surface area contributed by atoms with Crippen molar-refractivity contribution in [3.63, 3.8) is 0 Å². The Bertz CT molecular complexity index is 6.85. The molecule has 5 heteroatoms. The molecule has 0 spiro atoms. The van der Waals surface area contributed by atoms with Crippen molar-refractivity contribution in [1.29, 1.82) is 0 Å². The summed E-state index contributed by atoms with van der Waals surface area (Å²) in [6.07, 6.45) is 0. The van der Waals surface area contributed by atoms with Crippen molar-refractivity contribution in [1.82, 2.24) is 6.15 Å². The summed E-state index contributed by atoms with van der Waals surface area (Å²) in [5, 5.41) is 0. The SMILES string of the molecule is N.[BH4-].[BH4-].[BH4-].[Ti+3]. The van der Waals surface area contributed by atoms with Crippen molar-refractivity contribution in [2.45, 2.75) is 0 Å². The number of hydrogen-bond donors (Lipinski definition) is 1. The van der Waals surface area contributed by atoms with Crippen LogP contribution in [0.15, 0.2) is 0 Å². The fraction of sp³-hybridized carbons (Fsp3) is 0. The van der Waals surface area contributed by atoms with Gasteiger partial charge in [-0.05, 0) is 0 Å². The molecule has 1 nitrogen and oxygen atoms in total. The molecule has 0 aliphatic carbocycles. The molecule has 0 saturated carbocycles. The van der Waals surface area contributed by atoms with Gasteiger partial charge in [-0.3, -0.25) is 0 Å². The Morgan fingerprint density at radius 1 is 0.600 bits per heavy atom. The third-order valence-electron chi connectivity index (χ3n) is 0. The topological polar surface area (TPSA) is 35.0 Å². The van der Waals surface area contributed by atoms with E-state index in [0.29, 0.717) is 0 Å². The summed E-state index contributed by atoms with van der Waals surface area (Å²) < 4.78 is 0. The summed E-state index contributed by atoms with van der Waals surface area (Å²) in [4.78, 5) is 0. The summed E-state index contributed by atoms with van der Waals surface area (Å²) in [6.45, 7) is 0. The molecule has 3 N–H and O–H groups in total. The van der Waals surface area contributed by atoms with Crippen LogP contribution < -0.4 is 6.15 Å². The molecule has 0 aromatic heterocycles. The van der Waals surface area contributed by atoms with E-state index in [0.717, 1.165) is 0 Å². The van der Waals surface area contributed by atoms with Crippen LogP contribution in [-0.2, 0) is 21.7 Å². The number of rotatable bonds is 0. The van der Waals surface area contributed by atoms with Crippen LogP contribution in [0.4, 0.5) is 0 Å².